The molecule has 0 bridgehead atoms. The van der Waals surface area contributed by atoms with Crippen LogP contribution >= 0.6 is 0 Å². The Bertz CT molecular complexity index is 968. The van der Waals surface area contributed by atoms with Gasteiger partial charge in [0, 0.05) is 17.5 Å². The summed E-state index contributed by atoms with van der Waals surface area (Å²) in [4.78, 5) is 23.7. The molecular weight excluding hydrogens is 350 g/mol. The van der Waals surface area contributed by atoms with E-state index in [1.807, 2.05) is 30.3 Å². The maximum atomic E-state index is 12.5. The van der Waals surface area contributed by atoms with Crippen molar-refractivity contribution in [2.45, 2.75) is 25.7 Å². The molecule has 5 nitrogen and oxygen atoms in total. The second kappa shape index (κ2) is 8.48. The fraction of sp³-hybridized carbons (Fsp3) is 0.174. The van der Waals surface area contributed by atoms with Gasteiger partial charge in [0.1, 0.15) is 5.84 Å². The van der Waals surface area contributed by atoms with Crippen molar-refractivity contribution in [2.24, 2.45) is 11.5 Å². The Balaban J connectivity index is 1.84. The van der Waals surface area contributed by atoms with E-state index >= 15 is 0 Å². The van der Waals surface area contributed by atoms with E-state index in [0.29, 0.717) is 24.0 Å². The highest BCUT2D eigenvalue weighted by molar-refractivity contribution is 6.00. The Hall–Kier alpha value is -3.47. The maximum Gasteiger partial charge on any atom is 0.248 e. The number of primary amides is 1. The molecule has 1 fully saturated rings. The molecule has 0 spiro atoms. The zero-order chi connectivity index (χ0) is 20.1. The Morgan fingerprint density at radius 3 is 2.00 bits per heavy atom. The Morgan fingerprint density at radius 1 is 0.857 bits per heavy atom. The first-order valence-corrected chi connectivity index (χ1v) is 9.20. The highest BCUT2D eigenvalue weighted by Gasteiger charge is 2.17. The van der Waals surface area contributed by atoms with Crippen molar-refractivity contribution in [3.8, 4) is 0 Å². The number of allylic oxidation sites excluding steroid dienone is 2. The van der Waals surface area contributed by atoms with Crippen molar-refractivity contribution >= 4 is 29.7 Å². The highest BCUT2D eigenvalue weighted by Crippen LogP contribution is 2.28. The molecule has 1 amide bonds. The highest BCUT2D eigenvalue weighted by atomic mass is 16.1. The van der Waals surface area contributed by atoms with Gasteiger partial charge >= 0.3 is 0 Å². The molecule has 5 N–H and O–H groups in total. The summed E-state index contributed by atoms with van der Waals surface area (Å²) in [5.74, 6) is -0.257. The molecule has 0 heterocycles. The molecule has 0 saturated heterocycles. The van der Waals surface area contributed by atoms with Gasteiger partial charge in [0.05, 0.1) is 0 Å². The number of hydrogen-bond acceptors (Lipinski definition) is 3. The minimum atomic E-state index is -0.467. The van der Waals surface area contributed by atoms with Crippen LogP contribution in [0.4, 0.5) is 0 Å². The number of carbonyl (C=O) groups is 2. The second-order valence-electron chi connectivity index (χ2n) is 6.95. The molecule has 2 aromatic rings. The molecule has 0 aromatic heterocycles. The van der Waals surface area contributed by atoms with Gasteiger partial charge in [-0.05, 0) is 54.2 Å². The summed E-state index contributed by atoms with van der Waals surface area (Å²) in [6.07, 6.45) is 6.83. The monoisotopic (exact) mass is 373 g/mol. The fourth-order valence-electron chi connectivity index (χ4n) is 3.26. The average Bonchev–Trinajstić information content (AvgIpc) is 2.84. The molecular formula is C23H23N3O2. The standard InChI is InChI=1S/C23H23N3O2/c24-22(25)18-8-4-15(5-9-18)12-17-2-1-3-21(27)20(14-17)13-16-6-10-19(11-7-16)23(26)28/h4-13H,1-3,14H2,(H3,24,25)(H2,26,28). The van der Waals surface area contributed by atoms with Crippen LogP contribution < -0.4 is 11.5 Å². The molecule has 3 rings (SSSR count). The average molecular weight is 373 g/mol. The molecule has 28 heavy (non-hydrogen) atoms. The predicted octanol–water partition coefficient (Wildman–Crippen LogP) is 3.68. The van der Waals surface area contributed by atoms with Gasteiger partial charge in [-0.25, -0.2) is 0 Å². The summed E-state index contributed by atoms with van der Waals surface area (Å²) in [6.45, 7) is 0. The van der Waals surface area contributed by atoms with E-state index in [9.17, 15) is 9.59 Å². The van der Waals surface area contributed by atoms with Crippen LogP contribution in [0.15, 0.2) is 59.7 Å². The van der Waals surface area contributed by atoms with Crippen LogP contribution in [0.1, 0.15) is 52.7 Å². The van der Waals surface area contributed by atoms with Crippen LogP contribution in [0.25, 0.3) is 12.2 Å². The van der Waals surface area contributed by atoms with Crippen molar-refractivity contribution < 1.29 is 9.59 Å². The van der Waals surface area contributed by atoms with Crippen LogP contribution in [0.5, 0.6) is 0 Å². The van der Waals surface area contributed by atoms with Crippen LogP contribution in [0.3, 0.4) is 0 Å². The van der Waals surface area contributed by atoms with E-state index in [4.69, 9.17) is 16.9 Å². The SMILES string of the molecule is N=C(N)c1ccc(C=C2CCCC(=O)C(=Cc3ccc(C(N)=O)cc3)C2)cc1. The van der Waals surface area contributed by atoms with Crippen LogP contribution in [-0.4, -0.2) is 17.5 Å². The minimum Gasteiger partial charge on any atom is -0.384 e. The van der Waals surface area contributed by atoms with Crippen LogP contribution in [0.2, 0.25) is 0 Å². The number of nitrogens with two attached hydrogens (primary N) is 2. The zero-order valence-electron chi connectivity index (χ0n) is 15.6. The van der Waals surface area contributed by atoms with Gasteiger partial charge in [0.25, 0.3) is 0 Å². The number of nitrogen functional groups attached to an aromatic ring is 1. The lowest BCUT2D eigenvalue weighted by atomic mass is 9.98. The van der Waals surface area contributed by atoms with Gasteiger partial charge in [0.2, 0.25) is 5.91 Å². The van der Waals surface area contributed by atoms with E-state index in [-0.39, 0.29) is 11.6 Å². The Morgan fingerprint density at radius 2 is 1.43 bits per heavy atom. The third kappa shape index (κ3) is 4.82. The van der Waals surface area contributed by atoms with E-state index < -0.39 is 5.91 Å². The molecule has 1 aliphatic carbocycles. The number of amides is 1. The van der Waals surface area contributed by atoms with E-state index in [0.717, 1.165) is 29.5 Å². The van der Waals surface area contributed by atoms with Crippen molar-refractivity contribution in [1.29, 1.82) is 5.41 Å². The number of amidine groups is 1. The van der Waals surface area contributed by atoms with E-state index in [1.165, 1.54) is 5.57 Å². The summed E-state index contributed by atoms with van der Waals surface area (Å²) in [5.41, 5.74) is 15.8. The molecule has 0 aliphatic heterocycles. The minimum absolute atomic E-state index is 0.0480. The first kappa shape index (κ1) is 19.3. The Labute approximate surface area is 164 Å². The number of benzene rings is 2. The van der Waals surface area contributed by atoms with Gasteiger partial charge in [-0.1, -0.05) is 48.0 Å². The normalized spacial score (nSPS) is 17.5. The van der Waals surface area contributed by atoms with E-state index in [1.54, 1.807) is 24.3 Å². The number of nitrogens with one attached hydrogen (secondary N) is 1. The maximum absolute atomic E-state index is 12.5. The summed E-state index contributed by atoms with van der Waals surface area (Å²) in [7, 11) is 0. The molecule has 142 valence electrons. The summed E-state index contributed by atoms with van der Waals surface area (Å²) < 4.78 is 0. The van der Waals surface area contributed by atoms with Crippen molar-refractivity contribution in [3.05, 3.63) is 81.9 Å². The fourth-order valence-corrected chi connectivity index (χ4v) is 3.26. The lowest BCUT2D eigenvalue weighted by molar-refractivity contribution is -0.115. The van der Waals surface area contributed by atoms with Gasteiger partial charge in [0.15, 0.2) is 5.78 Å². The van der Waals surface area contributed by atoms with Crippen molar-refractivity contribution in [3.63, 3.8) is 0 Å². The largest absolute Gasteiger partial charge is 0.384 e. The number of Topliss-reactive ketones (excluding diaryl/α,β-unsaturated/α-hetero) is 1. The van der Waals surface area contributed by atoms with Gasteiger partial charge in [-0.3, -0.25) is 15.0 Å². The quantitative estimate of drug-likeness (QED) is 0.329. The van der Waals surface area contributed by atoms with Gasteiger partial charge in [-0.2, -0.15) is 0 Å². The molecule has 0 atom stereocenters. The lowest BCUT2D eigenvalue weighted by Crippen LogP contribution is -2.10. The van der Waals surface area contributed by atoms with Gasteiger partial charge in [-0.15, -0.1) is 0 Å². The van der Waals surface area contributed by atoms with Crippen LogP contribution in [0, 0.1) is 5.41 Å². The molecule has 1 saturated carbocycles. The summed E-state index contributed by atoms with van der Waals surface area (Å²) in [6, 6.07) is 14.5. The second-order valence-corrected chi connectivity index (χ2v) is 6.95. The van der Waals surface area contributed by atoms with Gasteiger partial charge < -0.3 is 11.5 Å². The molecule has 2 aromatic carbocycles. The Kier molecular flexibility index (Phi) is 5.84. The number of carbonyl (C=O) groups excluding carboxylic acids is 2. The molecule has 1 aliphatic rings. The predicted molar refractivity (Wildman–Crippen MR) is 112 cm³/mol. The van der Waals surface area contributed by atoms with Crippen molar-refractivity contribution in [2.75, 3.05) is 0 Å². The summed E-state index contributed by atoms with van der Waals surface area (Å²) in [5, 5.41) is 7.47. The number of rotatable bonds is 4. The first-order valence-electron chi connectivity index (χ1n) is 9.20. The zero-order valence-corrected chi connectivity index (χ0v) is 15.6. The number of hydrogen-bond donors (Lipinski definition) is 3. The molecule has 0 unspecified atom stereocenters. The van der Waals surface area contributed by atoms with Crippen molar-refractivity contribution in [1.82, 2.24) is 0 Å². The number of ketones is 1. The third-order valence-corrected chi connectivity index (χ3v) is 4.81. The van der Waals surface area contributed by atoms with Crippen LogP contribution in [-0.2, 0) is 4.79 Å². The topological polar surface area (TPSA) is 110 Å². The first-order chi connectivity index (χ1) is 13.4. The smallest absolute Gasteiger partial charge is 0.248 e. The van der Waals surface area contributed by atoms with E-state index in [2.05, 4.69) is 6.08 Å². The lowest BCUT2D eigenvalue weighted by Gasteiger charge is -2.07. The summed E-state index contributed by atoms with van der Waals surface area (Å²) >= 11 is 0. The third-order valence-electron chi connectivity index (χ3n) is 4.81. The molecule has 5 heteroatoms. The molecule has 0 radical (unpaired) electrons.